The molecule has 0 aromatic heterocycles. The lowest BCUT2D eigenvalue weighted by Gasteiger charge is -2.08. The first-order valence-corrected chi connectivity index (χ1v) is 8.76. The van der Waals surface area contributed by atoms with Crippen molar-refractivity contribution in [2.24, 2.45) is 0 Å². The smallest absolute Gasteiger partial charge is 0.192 e. The fourth-order valence-electron chi connectivity index (χ4n) is 2.16. The molecule has 0 aliphatic rings. The maximum atomic E-state index is 12.5. The predicted molar refractivity (Wildman–Crippen MR) is 92.2 cm³/mol. The highest BCUT2D eigenvalue weighted by Crippen LogP contribution is 2.29. The molecule has 0 saturated heterocycles. The van der Waals surface area contributed by atoms with Gasteiger partial charge in [0.15, 0.2) is 21.3 Å². The highest BCUT2D eigenvalue weighted by molar-refractivity contribution is 7.95. The summed E-state index contributed by atoms with van der Waals surface area (Å²) in [5, 5.41) is 9.27. The van der Waals surface area contributed by atoms with Gasteiger partial charge >= 0.3 is 0 Å². The van der Waals surface area contributed by atoms with Gasteiger partial charge in [-0.1, -0.05) is 36.4 Å². The summed E-state index contributed by atoms with van der Waals surface area (Å²) >= 11 is 0. The summed E-state index contributed by atoms with van der Waals surface area (Å²) in [6.07, 6.45) is 1.33. The standard InChI is InChI=1S/C18H17NO4S/c1-22-17-9-8-15(11-18(17)23-2)10-16(12-19)24(20,21)13-14-6-4-3-5-7-14/h3-11H,13H2,1-2H3. The molecule has 0 N–H and O–H groups in total. The van der Waals surface area contributed by atoms with Crippen molar-refractivity contribution < 1.29 is 17.9 Å². The average Bonchev–Trinajstić information content (AvgIpc) is 2.59. The van der Waals surface area contributed by atoms with Crippen LogP contribution in [0.3, 0.4) is 0 Å². The van der Waals surface area contributed by atoms with Gasteiger partial charge in [0.2, 0.25) is 0 Å². The van der Waals surface area contributed by atoms with E-state index in [1.165, 1.54) is 20.3 Å². The largest absolute Gasteiger partial charge is 0.493 e. The Hall–Kier alpha value is -2.78. The Labute approximate surface area is 141 Å². The summed E-state index contributed by atoms with van der Waals surface area (Å²) in [6.45, 7) is 0. The quantitative estimate of drug-likeness (QED) is 0.753. The number of hydrogen-bond donors (Lipinski definition) is 0. The van der Waals surface area contributed by atoms with E-state index in [1.807, 2.05) is 0 Å². The highest BCUT2D eigenvalue weighted by Gasteiger charge is 2.19. The Morgan fingerprint density at radius 3 is 2.33 bits per heavy atom. The number of sulfone groups is 1. The molecule has 0 saturated carbocycles. The molecule has 0 amide bonds. The van der Waals surface area contributed by atoms with Crippen LogP contribution >= 0.6 is 0 Å². The molecule has 0 bridgehead atoms. The van der Waals surface area contributed by atoms with Gasteiger partial charge in [-0.25, -0.2) is 8.42 Å². The number of benzene rings is 2. The average molecular weight is 343 g/mol. The first-order valence-electron chi connectivity index (χ1n) is 7.10. The Balaban J connectivity index is 2.37. The number of nitrogens with zero attached hydrogens (tertiary/aromatic N) is 1. The lowest BCUT2D eigenvalue weighted by Crippen LogP contribution is -2.06. The summed E-state index contributed by atoms with van der Waals surface area (Å²) in [4.78, 5) is -0.293. The van der Waals surface area contributed by atoms with Crippen molar-refractivity contribution in [1.29, 1.82) is 5.26 Å². The molecular weight excluding hydrogens is 326 g/mol. The minimum Gasteiger partial charge on any atom is -0.493 e. The van der Waals surface area contributed by atoms with Gasteiger partial charge in [0.1, 0.15) is 11.0 Å². The van der Waals surface area contributed by atoms with E-state index >= 15 is 0 Å². The third kappa shape index (κ3) is 4.15. The first-order chi connectivity index (χ1) is 11.5. The molecule has 0 aliphatic carbocycles. The minimum absolute atomic E-state index is 0.222. The van der Waals surface area contributed by atoms with Crippen LogP contribution in [0.2, 0.25) is 0 Å². The normalized spacial score (nSPS) is 11.6. The third-order valence-corrected chi connectivity index (χ3v) is 4.94. The van der Waals surface area contributed by atoms with Crippen molar-refractivity contribution in [3.63, 3.8) is 0 Å². The summed E-state index contributed by atoms with van der Waals surface area (Å²) in [6, 6.07) is 15.5. The second-order valence-corrected chi connectivity index (χ2v) is 6.94. The van der Waals surface area contributed by atoms with Gasteiger partial charge in [-0.15, -0.1) is 0 Å². The molecule has 0 aliphatic heterocycles. The molecular formula is C18H17NO4S. The van der Waals surface area contributed by atoms with Crippen LogP contribution in [0.15, 0.2) is 53.4 Å². The molecule has 124 valence electrons. The lowest BCUT2D eigenvalue weighted by atomic mass is 10.2. The number of hydrogen-bond acceptors (Lipinski definition) is 5. The molecule has 0 unspecified atom stereocenters. The summed E-state index contributed by atoms with van der Waals surface area (Å²) < 4.78 is 35.3. The Kier molecular flexibility index (Phi) is 5.61. The van der Waals surface area contributed by atoms with E-state index in [1.54, 1.807) is 54.6 Å². The van der Waals surface area contributed by atoms with E-state index in [4.69, 9.17) is 9.47 Å². The second kappa shape index (κ2) is 7.66. The molecule has 0 heterocycles. The minimum atomic E-state index is -3.73. The molecule has 0 spiro atoms. The van der Waals surface area contributed by atoms with Crippen LogP contribution < -0.4 is 9.47 Å². The molecule has 0 fully saturated rings. The number of ether oxygens (including phenoxy) is 2. The van der Waals surface area contributed by atoms with Crippen LogP contribution in [0.4, 0.5) is 0 Å². The van der Waals surface area contributed by atoms with E-state index in [-0.39, 0.29) is 10.7 Å². The fourth-order valence-corrected chi connectivity index (χ4v) is 3.40. The summed E-state index contributed by atoms with van der Waals surface area (Å²) in [7, 11) is -0.730. The summed E-state index contributed by atoms with van der Waals surface area (Å²) in [5.41, 5.74) is 1.17. The van der Waals surface area contributed by atoms with Crippen LogP contribution in [-0.2, 0) is 15.6 Å². The number of methoxy groups -OCH3 is 2. The van der Waals surface area contributed by atoms with Gasteiger partial charge in [-0.3, -0.25) is 0 Å². The van der Waals surface area contributed by atoms with Gasteiger partial charge in [-0.05, 0) is 29.3 Å². The second-order valence-electron chi connectivity index (χ2n) is 4.98. The van der Waals surface area contributed by atoms with E-state index < -0.39 is 9.84 Å². The molecule has 0 atom stereocenters. The molecule has 6 heteroatoms. The Morgan fingerprint density at radius 2 is 1.75 bits per heavy atom. The zero-order valence-electron chi connectivity index (χ0n) is 13.4. The van der Waals surface area contributed by atoms with E-state index in [0.29, 0.717) is 22.6 Å². The maximum Gasteiger partial charge on any atom is 0.192 e. The van der Waals surface area contributed by atoms with Gasteiger partial charge < -0.3 is 9.47 Å². The van der Waals surface area contributed by atoms with Gasteiger partial charge in [0, 0.05) is 0 Å². The van der Waals surface area contributed by atoms with Crippen molar-refractivity contribution in [1.82, 2.24) is 0 Å². The Bertz CT molecular complexity index is 881. The molecule has 2 aromatic carbocycles. The zero-order valence-corrected chi connectivity index (χ0v) is 14.2. The van der Waals surface area contributed by atoms with Gasteiger partial charge in [0.25, 0.3) is 0 Å². The third-order valence-electron chi connectivity index (χ3n) is 3.35. The van der Waals surface area contributed by atoms with E-state index in [2.05, 4.69) is 0 Å². The van der Waals surface area contributed by atoms with Crippen LogP contribution in [0.1, 0.15) is 11.1 Å². The van der Waals surface area contributed by atoms with E-state index in [0.717, 1.165) is 0 Å². The monoisotopic (exact) mass is 343 g/mol. The van der Waals surface area contributed by atoms with Crippen LogP contribution in [0.25, 0.3) is 6.08 Å². The molecule has 0 radical (unpaired) electrons. The van der Waals surface area contributed by atoms with Crippen molar-refractivity contribution >= 4 is 15.9 Å². The van der Waals surface area contributed by atoms with Crippen molar-refractivity contribution in [3.05, 3.63) is 64.6 Å². The maximum absolute atomic E-state index is 12.5. The van der Waals surface area contributed by atoms with E-state index in [9.17, 15) is 13.7 Å². The van der Waals surface area contributed by atoms with Crippen LogP contribution in [0, 0.1) is 11.3 Å². The highest BCUT2D eigenvalue weighted by atomic mass is 32.2. The van der Waals surface area contributed by atoms with Crippen LogP contribution in [0.5, 0.6) is 11.5 Å². The van der Waals surface area contributed by atoms with Crippen molar-refractivity contribution in [2.75, 3.05) is 14.2 Å². The van der Waals surface area contributed by atoms with Crippen molar-refractivity contribution in [3.8, 4) is 17.6 Å². The zero-order chi connectivity index (χ0) is 17.6. The van der Waals surface area contributed by atoms with Crippen molar-refractivity contribution in [2.45, 2.75) is 5.75 Å². The SMILES string of the molecule is COc1ccc(C=C(C#N)S(=O)(=O)Cc2ccccc2)cc1OC. The molecule has 2 aromatic rings. The summed E-state index contributed by atoms with van der Waals surface area (Å²) in [5.74, 6) is 0.768. The number of allylic oxidation sites excluding steroid dienone is 1. The number of rotatable bonds is 6. The fraction of sp³-hybridized carbons (Fsp3) is 0.167. The lowest BCUT2D eigenvalue weighted by molar-refractivity contribution is 0.355. The topological polar surface area (TPSA) is 76.4 Å². The Morgan fingerprint density at radius 1 is 1.08 bits per heavy atom. The number of nitriles is 1. The first kappa shape index (κ1) is 17.6. The predicted octanol–water partition coefficient (Wildman–Crippen LogP) is 3.18. The molecule has 2 rings (SSSR count). The van der Waals surface area contributed by atoms with Gasteiger partial charge in [0.05, 0.1) is 20.0 Å². The molecule has 5 nitrogen and oxygen atoms in total. The van der Waals surface area contributed by atoms with Gasteiger partial charge in [-0.2, -0.15) is 5.26 Å². The van der Waals surface area contributed by atoms with Crippen LogP contribution in [-0.4, -0.2) is 22.6 Å². The molecule has 24 heavy (non-hydrogen) atoms.